The normalized spacial score (nSPS) is 15.3. The summed E-state index contributed by atoms with van der Waals surface area (Å²) in [6.45, 7) is 19.5. The van der Waals surface area contributed by atoms with Gasteiger partial charge in [-0.3, -0.25) is 4.79 Å². The van der Waals surface area contributed by atoms with Crippen LogP contribution in [0.2, 0.25) is 0 Å². The van der Waals surface area contributed by atoms with Gasteiger partial charge in [0.1, 0.15) is 6.61 Å². The minimum absolute atomic E-state index is 0.0166. The minimum atomic E-state index is -0.458. The second-order valence-electron chi connectivity index (χ2n) is 9.34. The third kappa shape index (κ3) is 5.95. The van der Waals surface area contributed by atoms with Crippen LogP contribution in [0.25, 0.3) is 0 Å². The first kappa shape index (κ1) is 26.4. The number of hydrogen-bond donors (Lipinski definition) is 0. The van der Waals surface area contributed by atoms with Gasteiger partial charge in [-0.15, -0.1) is 0 Å². The number of esters is 1. The number of hydrogen-bond acceptors (Lipinski definition) is 3. The zero-order valence-electron chi connectivity index (χ0n) is 20.2. The molecule has 3 nitrogen and oxygen atoms in total. The lowest BCUT2D eigenvalue weighted by Crippen LogP contribution is -2.52. The van der Waals surface area contributed by atoms with Gasteiger partial charge in [-0.05, 0) is 57.0 Å². The summed E-state index contributed by atoms with van der Waals surface area (Å²) in [5.41, 5.74) is -0.311. The van der Waals surface area contributed by atoms with Crippen LogP contribution < -0.4 is 0 Å². The molecule has 27 heavy (non-hydrogen) atoms. The van der Waals surface area contributed by atoms with E-state index in [1.165, 1.54) is 0 Å². The summed E-state index contributed by atoms with van der Waals surface area (Å²) >= 11 is 0. The molecule has 0 aliphatic rings. The van der Waals surface area contributed by atoms with Gasteiger partial charge in [0.05, 0.1) is 5.41 Å². The topological polar surface area (TPSA) is 29.5 Å². The molecule has 0 aliphatic heterocycles. The van der Waals surface area contributed by atoms with E-state index in [4.69, 9.17) is 4.74 Å². The standard InChI is InChI=1S/C24H49NO2/c1-11-20(12-2)24(15-5,16-6)23(8,19-22(7,13-3)14-4)21(26)27-18-17-25(9)10/h20H,11-19H2,1-10H3. The van der Waals surface area contributed by atoms with Crippen molar-refractivity contribution in [3.05, 3.63) is 0 Å². The summed E-state index contributed by atoms with van der Waals surface area (Å²) < 4.78 is 5.92. The van der Waals surface area contributed by atoms with E-state index in [0.717, 1.165) is 51.5 Å². The van der Waals surface area contributed by atoms with Gasteiger partial charge in [0.25, 0.3) is 0 Å². The highest BCUT2D eigenvalue weighted by Crippen LogP contribution is 2.58. The van der Waals surface area contributed by atoms with E-state index in [1.54, 1.807) is 0 Å². The molecule has 162 valence electrons. The fourth-order valence-electron chi connectivity index (χ4n) is 5.41. The highest BCUT2D eigenvalue weighted by Gasteiger charge is 2.56. The molecule has 0 saturated heterocycles. The van der Waals surface area contributed by atoms with Gasteiger partial charge >= 0.3 is 5.97 Å². The molecule has 1 unspecified atom stereocenters. The quantitative estimate of drug-likeness (QED) is 0.318. The molecule has 0 aromatic heterocycles. The third-order valence-electron chi connectivity index (χ3n) is 7.84. The SMILES string of the molecule is CCC(CC)C(CC)(CC)C(C)(CC(C)(CC)CC)C(=O)OCCN(C)C. The van der Waals surface area contributed by atoms with Crippen LogP contribution >= 0.6 is 0 Å². The minimum Gasteiger partial charge on any atom is -0.464 e. The molecule has 0 N–H and O–H groups in total. The highest BCUT2D eigenvalue weighted by atomic mass is 16.5. The Morgan fingerprint density at radius 1 is 0.889 bits per heavy atom. The van der Waals surface area contributed by atoms with Crippen molar-refractivity contribution in [2.45, 2.75) is 100 Å². The molecule has 0 heterocycles. The van der Waals surface area contributed by atoms with E-state index in [2.05, 4.69) is 60.3 Å². The molecule has 1 atom stereocenters. The van der Waals surface area contributed by atoms with Crippen molar-refractivity contribution in [3.63, 3.8) is 0 Å². The number of nitrogens with zero attached hydrogens (tertiary/aromatic N) is 1. The molecule has 0 radical (unpaired) electrons. The molecule has 0 saturated carbocycles. The Labute approximate surface area is 170 Å². The Hall–Kier alpha value is -0.570. The largest absolute Gasteiger partial charge is 0.464 e. The zero-order valence-corrected chi connectivity index (χ0v) is 20.2. The van der Waals surface area contributed by atoms with Crippen LogP contribution in [0.4, 0.5) is 0 Å². The van der Waals surface area contributed by atoms with Gasteiger partial charge in [0, 0.05) is 6.54 Å². The van der Waals surface area contributed by atoms with Gasteiger partial charge in [0.15, 0.2) is 0 Å². The van der Waals surface area contributed by atoms with E-state index >= 15 is 0 Å². The van der Waals surface area contributed by atoms with E-state index in [9.17, 15) is 4.79 Å². The van der Waals surface area contributed by atoms with Crippen LogP contribution in [-0.4, -0.2) is 38.1 Å². The zero-order chi connectivity index (χ0) is 21.3. The highest BCUT2D eigenvalue weighted by molar-refractivity contribution is 5.77. The predicted molar refractivity (Wildman–Crippen MR) is 118 cm³/mol. The first-order chi connectivity index (χ1) is 12.6. The van der Waals surface area contributed by atoms with E-state index in [0.29, 0.717) is 12.5 Å². The molecule has 0 rings (SSSR count). The Morgan fingerprint density at radius 3 is 1.70 bits per heavy atom. The molecule has 0 spiro atoms. The molecule has 0 fully saturated rings. The first-order valence-corrected chi connectivity index (χ1v) is 11.4. The Kier molecular flexibility index (Phi) is 11.2. The molecule has 0 aliphatic carbocycles. The number of ether oxygens (including phenoxy) is 1. The lowest BCUT2D eigenvalue weighted by molar-refractivity contribution is -0.174. The maximum absolute atomic E-state index is 13.6. The van der Waals surface area contributed by atoms with E-state index in [-0.39, 0.29) is 16.8 Å². The van der Waals surface area contributed by atoms with Crippen LogP contribution in [0.15, 0.2) is 0 Å². The summed E-state index contributed by atoms with van der Waals surface area (Å²) in [6.07, 6.45) is 7.39. The van der Waals surface area contributed by atoms with E-state index < -0.39 is 5.41 Å². The van der Waals surface area contributed by atoms with E-state index in [1.807, 2.05) is 14.1 Å². The number of rotatable bonds is 14. The molecular formula is C24H49NO2. The van der Waals surface area contributed by atoms with Crippen molar-refractivity contribution >= 4 is 5.97 Å². The van der Waals surface area contributed by atoms with Crippen LogP contribution in [0.3, 0.4) is 0 Å². The van der Waals surface area contributed by atoms with Crippen molar-refractivity contribution in [2.75, 3.05) is 27.2 Å². The van der Waals surface area contributed by atoms with Crippen LogP contribution in [0.1, 0.15) is 100 Å². The molecule has 0 amide bonds. The lowest BCUT2D eigenvalue weighted by Gasteiger charge is -2.53. The monoisotopic (exact) mass is 383 g/mol. The second-order valence-corrected chi connectivity index (χ2v) is 9.34. The smallest absolute Gasteiger partial charge is 0.312 e. The van der Waals surface area contributed by atoms with Crippen LogP contribution in [0.5, 0.6) is 0 Å². The number of carbonyl (C=O) groups is 1. The summed E-state index contributed by atoms with van der Waals surface area (Å²) in [4.78, 5) is 15.7. The number of likely N-dealkylation sites (N-methyl/N-ethyl adjacent to an activating group) is 1. The van der Waals surface area contributed by atoms with Gasteiger partial charge < -0.3 is 9.64 Å². The van der Waals surface area contributed by atoms with Gasteiger partial charge in [-0.2, -0.15) is 0 Å². The van der Waals surface area contributed by atoms with Gasteiger partial charge in [0.2, 0.25) is 0 Å². The average Bonchev–Trinajstić information content (AvgIpc) is 2.65. The summed E-state index contributed by atoms with van der Waals surface area (Å²) in [5, 5.41) is 0. The fourth-order valence-corrected chi connectivity index (χ4v) is 5.41. The number of carbonyl (C=O) groups excluding carboxylic acids is 1. The van der Waals surface area contributed by atoms with Gasteiger partial charge in [-0.1, -0.05) is 74.1 Å². The van der Waals surface area contributed by atoms with Crippen LogP contribution in [-0.2, 0) is 9.53 Å². The summed E-state index contributed by atoms with van der Waals surface area (Å²) in [5.74, 6) is 0.560. The summed E-state index contributed by atoms with van der Waals surface area (Å²) in [7, 11) is 4.04. The third-order valence-corrected chi connectivity index (χ3v) is 7.84. The fraction of sp³-hybridized carbons (Fsp3) is 0.958. The Morgan fingerprint density at radius 2 is 1.37 bits per heavy atom. The first-order valence-electron chi connectivity index (χ1n) is 11.4. The van der Waals surface area contributed by atoms with Crippen molar-refractivity contribution in [1.29, 1.82) is 0 Å². The Bertz CT molecular complexity index is 420. The molecule has 0 bridgehead atoms. The molecule has 0 aromatic carbocycles. The van der Waals surface area contributed by atoms with Crippen molar-refractivity contribution < 1.29 is 9.53 Å². The molecule has 0 aromatic rings. The predicted octanol–water partition coefficient (Wildman–Crippen LogP) is 6.56. The van der Waals surface area contributed by atoms with Crippen molar-refractivity contribution in [1.82, 2.24) is 4.90 Å². The maximum Gasteiger partial charge on any atom is 0.312 e. The van der Waals surface area contributed by atoms with Crippen LogP contribution in [0, 0.1) is 22.2 Å². The Balaban J connectivity index is 6.16. The second kappa shape index (κ2) is 11.4. The average molecular weight is 384 g/mol. The van der Waals surface area contributed by atoms with Crippen molar-refractivity contribution in [2.24, 2.45) is 22.2 Å². The molecular weight excluding hydrogens is 334 g/mol. The van der Waals surface area contributed by atoms with Crippen molar-refractivity contribution in [3.8, 4) is 0 Å². The lowest BCUT2D eigenvalue weighted by atomic mass is 9.50. The summed E-state index contributed by atoms with van der Waals surface area (Å²) in [6, 6.07) is 0. The maximum atomic E-state index is 13.6. The molecule has 3 heteroatoms. The van der Waals surface area contributed by atoms with Gasteiger partial charge in [-0.25, -0.2) is 0 Å².